The lowest BCUT2D eigenvalue weighted by Crippen LogP contribution is -2.26. The molecule has 1 aromatic carbocycles. The van der Waals surface area contributed by atoms with Gasteiger partial charge in [-0.1, -0.05) is 24.3 Å². The van der Waals surface area contributed by atoms with Gasteiger partial charge < -0.3 is 5.11 Å². The first-order valence-corrected chi connectivity index (χ1v) is 7.22. The lowest BCUT2D eigenvalue weighted by Gasteiger charge is -2.15. The van der Waals surface area contributed by atoms with Crippen molar-refractivity contribution in [1.29, 1.82) is 0 Å². The maximum absolute atomic E-state index is 12.1. The van der Waals surface area contributed by atoms with Gasteiger partial charge in [-0.05, 0) is 30.7 Å². The van der Waals surface area contributed by atoms with Crippen molar-refractivity contribution >= 4 is 21.7 Å². The van der Waals surface area contributed by atoms with Gasteiger partial charge >= 0.3 is 5.97 Å². The Balaban J connectivity index is 2.14. The second kappa shape index (κ2) is 5.27. The van der Waals surface area contributed by atoms with Crippen LogP contribution < -0.4 is 4.72 Å². The van der Waals surface area contributed by atoms with Crippen molar-refractivity contribution in [1.82, 2.24) is 0 Å². The zero-order chi connectivity index (χ0) is 13.9. The van der Waals surface area contributed by atoms with E-state index in [-0.39, 0.29) is 5.56 Å². The molecule has 19 heavy (non-hydrogen) atoms. The summed E-state index contributed by atoms with van der Waals surface area (Å²) in [5.74, 6) is -1.05. The van der Waals surface area contributed by atoms with Crippen molar-refractivity contribution in [2.75, 3.05) is 4.72 Å². The topological polar surface area (TPSA) is 83.5 Å². The van der Waals surface area contributed by atoms with E-state index in [1.165, 1.54) is 24.3 Å². The highest BCUT2D eigenvalue weighted by Crippen LogP contribution is 2.18. The molecule has 6 heteroatoms. The number of hydrogen-bond donors (Lipinski definition) is 2. The summed E-state index contributed by atoms with van der Waals surface area (Å²) in [7, 11) is -3.50. The number of carboxylic acids is 1. The van der Waals surface area contributed by atoms with Crippen LogP contribution in [0.5, 0.6) is 0 Å². The molecule has 1 atom stereocenters. The maximum Gasteiger partial charge on any atom is 0.335 e. The number of carbonyl (C=O) groups is 1. The molecule has 0 bridgehead atoms. The average Bonchev–Trinajstić information content (AvgIpc) is 2.40. The number of benzene rings is 1. The smallest absolute Gasteiger partial charge is 0.335 e. The summed E-state index contributed by atoms with van der Waals surface area (Å²) in [6.45, 7) is 0. The van der Waals surface area contributed by atoms with Gasteiger partial charge in [0, 0.05) is 5.69 Å². The molecule has 1 unspecified atom stereocenters. The maximum atomic E-state index is 12.1. The van der Waals surface area contributed by atoms with E-state index in [1.54, 1.807) is 24.3 Å². The predicted molar refractivity (Wildman–Crippen MR) is 72.6 cm³/mol. The molecule has 0 saturated carbocycles. The SMILES string of the molecule is O=C(O)c1ccc(NS(=O)(=O)C2C=CC=CC2)cc1. The Hall–Kier alpha value is -2.08. The Labute approximate surface area is 111 Å². The van der Waals surface area contributed by atoms with Gasteiger partial charge in [-0.25, -0.2) is 13.2 Å². The molecule has 1 aliphatic carbocycles. The van der Waals surface area contributed by atoms with Gasteiger partial charge in [0.25, 0.3) is 0 Å². The molecule has 0 heterocycles. The Morgan fingerprint density at radius 2 is 1.89 bits per heavy atom. The van der Waals surface area contributed by atoms with Gasteiger partial charge in [0.2, 0.25) is 10.0 Å². The van der Waals surface area contributed by atoms with Crippen LogP contribution in [0, 0.1) is 0 Å². The first kappa shape index (κ1) is 13.4. The first-order valence-electron chi connectivity index (χ1n) is 5.67. The van der Waals surface area contributed by atoms with Gasteiger partial charge in [-0.15, -0.1) is 0 Å². The van der Waals surface area contributed by atoms with Crippen molar-refractivity contribution in [2.45, 2.75) is 11.7 Å². The molecule has 0 amide bonds. The fourth-order valence-corrected chi connectivity index (χ4v) is 2.99. The van der Waals surface area contributed by atoms with E-state index >= 15 is 0 Å². The Kier molecular flexibility index (Phi) is 3.71. The van der Waals surface area contributed by atoms with Gasteiger partial charge in [0.15, 0.2) is 0 Å². The lowest BCUT2D eigenvalue weighted by atomic mass is 10.2. The monoisotopic (exact) mass is 279 g/mol. The third-order valence-corrected chi connectivity index (χ3v) is 4.40. The van der Waals surface area contributed by atoms with Crippen LogP contribution in [0.4, 0.5) is 5.69 Å². The van der Waals surface area contributed by atoms with Crippen LogP contribution in [0.2, 0.25) is 0 Å². The van der Waals surface area contributed by atoms with Crippen LogP contribution in [0.15, 0.2) is 48.6 Å². The van der Waals surface area contributed by atoms with Crippen molar-refractivity contribution in [3.63, 3.8) is 0 Å². The number of carboxylic acid groups (broad SMARTS) is 1. The quantitative estimate of drug-likeness (QED) is 0.883. The van der Waals surface area contributed by atoms with Crippen LogP contribution in [0.3, 0.4) is 0 Å². The average molecular weight is 279 g/mol. The second-order valence-corrected chi connectivity index (χ2v) is 6.02. The number of allylic oxidation sites excluding steroid dienone is 3. The Bertz CT molecular complexity index is 629. The molecule has 0 fully saturated rings. The molecule has 0 aliphatic heterocycles. The molecule has 0 spiro atoms. The highest BCUT2D eigenvalue weighted by molar-refractivity contribution is 7.93. The zero-order valence-electron chi connectivity index (χ0n) is 9.98. The molecule has 0 radical (unpaired) electrons. The normalized spacial score (nSPS) is 18.2. The van der Waals surface area contributed by atoms with Crippen LogP contribution >= 0.6 is 0 Å². The van der Waals surface area contributed by atoms with Crippen molar-refractivity contribution < 1.29 is 18.3 Å². The lowest BCUT2D eigenvalue weighted by molar-refractivity contribution is 0.0697. The standard InChI is InChI=1S/C13H13NO4S/c15-13(16)10-6-8-11(9-7-10)14-19(17,18)12-4-2-1-3-5-12/h1-4,6-9,12,14H,5H2,(H,15,16). The number of sulfonamides is 1. The van der Waals surface area contributed by atoms with Crippen molar-refractivity contribution in [3.05, 3.63) is 54.1 Å². The number of anilines is 1. The van der Waals surface area contributed by atoms with Crippen LogP contribution in [-0.2, 0) is 10.0 Å². The highest BCUT2D eigenvalue weighted by atomic mass is 32.2. The first-order chi connectivity index (χ1) is 8.99. The molecule has 1 aliphatic rings. The molecular weight excluding hydrogens is 266 g/mol. The highest BCUT2D eigenvalue weighted by Gasteiger charge is 2.22. The summed E-state index contributed by atoms with van der Waals surface area (Å²) >= 11 is 0. The largest absolute Gasteiger partial charge is 0.478 e. The van der Waals surface area contributed by atoms with E-state index in [2.05, 4.69) is 4.72 Å². The van der Waals surface area contributed by atoms with E-state index in [1.807, 2.05) is 0 Å². The third-order valence-electron chi connectivity index (χ3n) is 2.73. The number of aromatic carboxylic acids is 1. The summed E-state index contributed by atoms with van der Waals surface area (Å²) < 4.78 is 26.6. The molecule has 2 N–H and O–H groups in total. The molecule has 0 saturated heterocycles. The van der Waals surface area contributed by atoms with E-state index in [0.717, 1.165) is 0 Å². The fraction of sp³-hybridized carbons (Fsp3) is 0.154. The third kappa shape index (κ3) is 3.23. The van der Waals surface area contributed by atoms with E-state index in [4.69, 9.17) is 5.11 Å². The van der Waals surface area contributed by atoms with Gasteiger partial charge in [0.05, 0.1) is 5.56 Å². The minimum absolute atomic E-state index is 0.114. The molecule has 0 aromatic heterocycles. The summed E-state index contributed by atoms with van der Waals surface area (Å²) in [4.78, 5) is 10.7. The van der Waals surface area contributed by atoms with E-state index < -0.39 is 21.2 Å². The molecule has 5 nitrogen and oxygen atoms in total. The molecule has 100 valence electrons. The summed E-state index contributed by atoms with van der Waals surface area (Å²) in [5.41, 5.74) is 0.469. The van der Waals surface area contributed by atoms with Crippen LogP contribution in [0.25, 0.3) is 0 Å². The minimum atomic E-state index is -3.50. The molecule has 1 aromatic rings. The van der Waals surface area contributed by atoms with Gasteiger partial charge in [0.1, 0.15) is 5.25 Å². The van der Waals surface area contributed by atoms with Crippen LogP contribution in [0.1, 0.15) is 16.8 Å². The van der Waals surface area contributed by atoms with Gasteiger partial charge in [-0.2, -0.15) is 0 Å². The van der Waals surface area contributed by atoms with Crippen molar-refractivity contribution in [2.24, 2.45) is 0 Å². The van der Waals surface area contributed by atoms with E-state index in [9.17, 15) is 13.2 Å². The fourth-order valence-electron chi connectivity index (χ4n) is 1.71. The Morgan fingerprint density at radius 3 is 2.42 bits per heavy atom. The Morgan fingerprint density at radius 1 is 1.21 bits per heavy atom. The minimum Gasteiger partial charge on any atom is -0.478 e. The second-order valence-electron chi connectivity index (χ2n) is 4.12. The molecular formula is C13H13NO4S. The molecule has 2 rings (SSSR count). The summed E-state index contributed by atoms with van der Waals surface area (Å²) in [6.07, 6.45) is 7.33. The van der Waals surface area contributed by atoms with Gasteiger partial charge in [-0.3, -0.25) is 4.72 Å². The number of nitrogens with one attached hydrogen (secondary N) is 1. The van der Waals surface area contributed by atoms with Crippen LogP contribution in [-0.4, -0.2) is 24.7 Å². The van der Waals surface area contributed by atoms with Crippen molar-refractivity contribution in [3.8, 4) is 0 Å². The number of rotatable bonds is 4. The number of hydrogen-bond acceptors (Lipinski definition) is 3. The zero-order valence-corrected chi connectivity index (χ0v) is 10.8. The summed E-state index contributed by atoms with van der Waals surface area (Å²) in [6, 6.07) is 5.58. The predicted octanol–water partition coefficient (Wildman–Crippen LogP) is 2.01. The van der Waals surface area contributed by atoms with E-state index in [0.29, 0.717) is 12.1 Å². The summed E-state index contributed by atoms with van der Waals surface area (Å²) in [5, 5.41) is 8.16.